The molecule has 1 unspecified atom stereocenters. The summed E-state index contributed by atoms with van der Waals surface area (Å²) in [5.41, 5.74) is 3.27. The molecule has 1 atom stereocenters. The molecular formula is C16H25N. The minimum Gasteiger partial charge on any atom is -0.295 e. The minimum absolute atomic E-state index is 0.309. The van der Waals surface area contributed by atoms with Crippen LogP contribution in [0.15, 0.2) is 24.3 Å². The number of benzene rings is 1. The highest BCUT2D eigenvalue weighted by molar-refractivity contribution is 5.26. The van der Waals surface area contributed by atoms with Crippen LogP contribution in [0.3, 0.4) is 0 Å². The van der Waals surface area contributed by atoms with Crippen molar-refractivity contribution >= 4 is 0 Å². The van der Waals surface area contributed by atoms with Gasteiger partial charge in [0.25, 0.3) is 0 Å². The Morgan fingerprint density at radius 1 is 1.24 bits per heavy atom. The number of hydrogen-bond acceptors (Lipinski definition) is 1. The van der Waals surface area contributed by atoms with E-state index in [0.29, 0.717) is 5.54 Å². The van der Waals surface area contributed by atoms with Gasteiger partial charge in [-0.2, -0.15) is 0 Å². The highest BCUT2D eigenvalue weighted by atomic mass is 15.2. The summed E-state index contributed by atoms with van der Waals surface area (Å²) in [6.45, 7) is 10.5. The molecule has 1 heterocycles. The maximum atomic E-state index is 2.68. The lowest BCUT2D eigenvalue weighted by atomic mass is 9.97. The third kappa shape index (κ3) is 2.90. The van der Waals surface area contributed by atoms with Crippen LogP contribution in [-0.2, 0) is 6.42 Å². The first-order valence-electron chi connectivity index (χ1n) is 6.80. The van der Waals surface area contributed by atoms with Crippen LogP contribution in [0.1, 0.15) is 44.7 Å². The molecule has 0 radical (unpaired) electrons. The van der Waals surface area contributed by atoms with Gasteiger partial charge in [0.1, 0.15) is 0 Å². The van der Waals surface area contributed by atoms with Gasteiger partial charge in [-0.15, -0.1) is 0 Å². The summed E-state index contributed by atoms with van der Waals surface area (Å²) in [7, 11) is 0. The van der Waals surface area contributed by atoms with E-state index in [4.69, 9.17) is 0 Å². The summed E-state index contributed by atoms with van der Waals surface area (Å²) in [5.74, 6) is 0. The van der Waals surface area contributed by atoms with E-state index in [1.165, 1.54) is 36.9 Å². The summed E-state index contributed by atoms with van der Waals surface area (Å²) in [6.07, 6.45) is 3.92. The zero-order valence-electron chi connectivity index (χ0n) is 11.7. The van der Waals surface area contributed by atoms with Gasteiger partial charge in [0.05, 0.1) is 0 Å². The zero-order chi connectivity index (χ0) is 12.5. The molecule has 2 rings (SSSR count). The summed E-state index contributed by atoms with van der Waals surface area (Å²) in [4.78, 5) is 2.68. The van der Waals surface area contributed by atoms with Gasteiger partial charge in [-0.3, -0.25) is 4.90 Å². The fourth-order valence-electron chi connectivity index (χ4n) is 3.02. The molecule has 0 aliphatic carbocycles. The van der Waals surface area contributed by atoms with Crippen molar-refractivity contribution in [3.05, 3.63) is 35.4 Å². The van der Waals surface area contributed by atoms with Gasteiger partial charge < -0.3 is 0 Å². The lowest BCUT2D eigenvalue weighted by Crippen LogP contribution is -2.45. The van der Waals surface area contributed by atoms with Gasteiger partial charge in [0.2, 0.25) is 0 Å². The molecule has 0 spiro atoms. The Morgan fingerprint density at radius 3 is 2.59 bits per heavy atom. The molecule has 0 saturated carbocycles. The van der Waals surface area contributed by atoms with E-state index in [2.05, 4.69) is 56.9 Å². The molecule has 1 aliphatic rings. The second-order valence-electron chi connectivity index (χ2n) is 6.29. The predicted molar refractivity (Wildman–Crippen MR) is 74.4 cm³/mol. The van der Waals surface area contributed by atoms with E-state index < -0.39 is 0 Å². The summed E-state index contributed by atoms with van der Waals surface area (Å²) in [6, 6.07) is 9.55. The normalized spacial score (nSPS) is 22.0. The van der Waals surface area contributed by atoms with Crippen molar-refractivity contribution in [1.82, 2.24) is 4.90 Å². The third-order valence-electron chi connectivity index (χ3n) is 3.96. The number of aryl methyl sites for hydroxylation is 1. The lowest BCUT2D eigenvalue weighted by molar-refractivity contribution is 0.121. The SMILES string of the molecule is Cc1ccccc1CC1CCCN1C(C)(C)C. The molecule has 0 bridgehead atoms. The van der Waals surface area contributed by atoms with Crippen LogP contribution in [0.5, 0.6) is 0 Å². The van der Waals surface area contributed by atoms with Crippen LogP contribution < -0.4 is 0 Å². The molecule has 0 N–H and O–H groups in total. The summed E-state index contributed by atoms with van der Waals surface area (Å²) < 4.78 is 0. The van der Waals surface area contributed by atoms with E-state index in [1.807, 2.05) is 0 Å². The quantitative estimate of drug-likeness (QED) is 0.748. The first-order chi connectivity index (χ1) is 7.98. The van der Waals surface area contributed by atoms with Crippen molar-refractivity contribution in [1.29, 1.82) is 0 Å². The molecule has 17 heavy (non-hydrogen) atoms. The van der Waals surface area contributed by atoms with Crippen LogP contribution in [0.25, 0.3) is 0 Å². The minimum atomic E-state index is 0.309. The van der Waals surface area contributed by atoms with Crippen molar-refractivity contribution in [3.63, 3.8) is 0 Å². The molecule has 0 aromatic heterocycles. The van der Waals surface area contributed by atoms with Crippen LogP contribution >= 0.6 is 0 Å². The Labute approximate surface area is 106 Å². The Balaban J connectivity index is 2.11. The molecule has 1 fully saturated rings. The average molecular weight is 231 g/mol. The van der Waals surface area contributed by atoms with Crippen LogP contribution in [-0.4, -0.2) is 23.0 Å². The molecule has 1 heteroatoms. The van der Waals surface area contributed by atoms with E-state index in [1.54, 1.807) is 0 Å². The van der Waals surface area contributed by atoms with Gasteiger partial charge in [-0.25, -0.2) is 0 Å². The van der Waals surface area contributed by atoms with Gasteiger partial charge in [0.15, 0.2) is 0 Å². The Morgan fingerprint density at radius 2 is 1.94 bits per heavy atom. The highest BCUT2D eigenvalue weighted by Gasteiger charge is 2.32. The van der Waals surface area contributed by atoms with Crippen LogP contribution in [0.2, 0.25) is 0 Å². The summed E-state index contributed by atoms with van der Waals surface area (Å²) in [5, 5.41) is 0. The molecule has 1 aromatic carbocycles. The lowest BCUT2D eigenvalue weighted by Gasteiger charge is -2.37. The van der Waals surface area contributed by atoms with Gasteiger partial charge in [-0.05, 0) is 64.6 Å². The summed E-state index contributed by atoms with van der Waals surface area (Å²) >= 11 is 0. The largest absolute Gasteiger partial charge is 0.295 e. The van der Waals surface area contributed by atoms with E-state index in [0.717, 1.165) is 6.04 Å². The molecular weight excluding hydrogens is 206 g/mol. The van der Waals surface area contributed by atoms with E-state index in [9.17, 15) is 0 Å². The van der Waals surface area contributed by atoms with Crippen LogP contribution in [0.4, 0.5) is 0 Å². The number of nitrogens with zero attached hydrogens (tertiary/aromatic N) is 1. The monoisotopic (exact) mass is 231 g/mol. The van der Waals surface area contributed by atoms with Crippen molar-refractivity contribution in [2.75, 3.05) is 6.54 Å². The first-order valence-corrected chi connectivity index (χ1v) is 6.80. The second kappa shape index (κ2) is 4.81. The predicted octanol–water partition coefficient (Wildman–Crippen LogP) is 3.80. The van der Waals surface area contributed by atoms with Gasteiger partial charge in [0, 0.05) is 11.6 Å². The highest BCUT2D eigenvalue weighted by Crippen LogP contribution is 2.29. The maximum absolute atomic E-state index is 2.68. The van der Waals surface area contributed by atoms with E-state index in [-0.39, 0.29) is 0 Å². The molecule has 1 nitrogen and oxygen atoms in total. The van der Waals surface area contributed by atoms with E-state index >= 15 is 0 Å². The van der Waals surface area contributed by atoms with Crippen molar-refractivity contribution < 1.29 is 0 Å². The fraction of sp³-hybridized carbons (Fsp3) is 0.625. The molecule has 1 aliphatic heterocycles. The smallest absolute Gasteiger partial charge is 0.0141 e. The van der Waals surface area contributed by atoms with Crippen molar-refractivity contribution in [3.8, 4) is 0 Å². The number of likely N-dealkylation sites (tertiary alicyclic amines) is 1. The maximum Gasteiger partial charge on any atom is 0.0141 e. The standard InChI is InChI=1S/C16H25N/c1-13-8-5-6-9-14(13)12-15-10-7-11-17(15)16(2,3)4/h5-6,8-9,15H,7,10-12H2,1-4H3. The second-order valence-corrected chi connectivity index (χ2v) is 6.29. The molecule has 0 amide bonds. The van der Waals surface area contributed by atoms with Crippen molar-refractivity contribution in [2.24, 2.45) is 0 Å². The topological polar surface area (TPSA) is 3.24 Å². The Hall–Kier alpha value is -0.820. The zero-order valence-corrected chi connectivity index (χ0v) is 11.7. The Bertz CT molecular complexity index is 375. The average Bonchev–Trinajstić information content (AvgIpc) is 2.69. The molecule has 1 aromatic rings. The Kier molecular flexibility index (Phi) is 3.58. The fourth-order valence-corrected chi connectivity index (χ4v) is 3.02. The molecule has 1 saturated heterocycles. The van der Waals surface area contributed by atoms with Gasteiger partial charge >= 0.3 is 0 Å². The third-order valence-corrected chi connectivity index (χ3v) is 3.96. The first kappa shape index (κ1) is 12.6. The number of hydrogen-bond donors (Lipinski definition) is 0. The van der Waals surface area contributed by atoms with Gasteiger partial charge in [-0.1, -0.05) is 24.3 Å². The number of rotatable bonds is 2. The van der Waals surface area contributed by atoms with Crippen LogP contribution in [0, 0.1) is 6.92 Å². The molecule has 94 valence electrons. The van der Waals surface area contributed by atoms with Crippen molar-refractivity contribution in [2.45, 2.75) is 58.5 Å².